The van der Waals surface area contributed by atoms with E-state index in [-0.39, 0.29) is 0 Å². The van der Waals surface area contributed by atoms with Crippen molar-refractivity contribution in [2.24, 2.45) is 0 Å². The fourth-order valence-electron chi connectivity index (χ4n) is 1.77. The van der Waals surface area contributed by atoms with Crippen LogP contribution < -0.4 is 10.6 Å². The van der Waals surface area contributed by atoms with E-state index in [0.29, 0.717) is 23.8 Å². The minimum absolute atomic E-state index is 0.360. The topological polar surface area (TPSA) is 49.8 Å². The van der Waals surface area contributed by atoms with Gasteiger partial charge in [0.2, 0.25) is 0 Å². The standard InChI is InChI=1S/C14H16F2N4/c1-3-17-13-7-14(20-9(2)19-13)18-8-10-4-5-11(15)12(16)6-10/h4-7H,3,8H2,1-2H3,(H2,17,18,19,20). The molecule has 106 valence electrons. The van der Waals surface area contributed by atoms with Crippen molar-refractivity contribution in [2.45, 2.75) is 20.4 Å². The van der Waals surface area contributed by atoms with Gasteiger partial charge in [0.05, 0.1) is 0 Å². The van der Waals surface area contributed by atoms with E-state index in [2.05, 4.69) is 20.6 Å². The van der Waals surface area contributed by atoms with Crippen LogP contribution in [-0.4, -0.2) is 16.5 Å². The normalized spacial score (nSPS) is 10.4. The summed E-state index contributed by atoms with van der Waals surface area (Å²) < 4.78 is 25.9. The average molecular weight is 278 g/mol. The maximum atomic E-state index is 13.1. The molecule has 0 spiro atoms. The predicted molar refractivity (Wildman–Crippen MR) is 74.6 cm³/mol. The molecule has 0 saturated heterocycles. The van der Waals surface area contributed by atoms with Gasteiger partial charge < -0.3 is 10.6 Å². The number of anilines is 2. The molecule has 6 heteroatoms. The SMILES string of the molecule is CCNc1cc(NCc2ccc(F)c(F)c2)nc(C)n1. The minimum Gasteiger partial charge on any atom is -0.370 e. The van der Waals surface area contributed by atoms with E-state index in [1.165, 1.54) is 12.1 Å². The number of benzene rings is 1. The zero-order valence-corrected chi connectivity index (χ0v) is 11.4. The number of rotatable bonds is 5. The molecule has 0 aliphatic rings. The molecule has 2 aromatic rings. The number of hydrogen-bond acceptors (Lipinski definition) is 4. The molecule has 4 nitrogen and oxygen atoms in total. The van der Waals surface area contributed by atoms with Crippen LogP contribution in [0.1, 0.15) is 18.3 Å². The summed E-state index contributed by atoms with van der Waals surface area (Å²) in [6.07, 6.45) is 0. The summed E-state index contributed by atoms with van der Waals surface area (Å²) in [6.45, 7) is 4.90. The van der Waals surface area contributed by atoms with Crippen LogP contribution in [0.3, 0.4) is 0 Å². The number of aryl methyl sites for hydroxylation is 1. The Bertz CT molecular complexity index is 602. The average Bonchev–Trinajstić information content (AvgIpc) is 2.40. The quantitative estimate of drug-likeness (QED) is 0.882. The lowest BCUT2D eigenvalue weighted by Crippen LogP contribution is -2.07. The van der Waals surface area contributed by atoms with Gasteiger partial charge in [0.1, 0.15) is 17.5 Å². The Morgan fingerprint density at radius 1 is 1.00 bits per heavy atom. The molecule has 2 rings (SSSR count). The molecule has 1 aromatic carbocycles. The summed E-state index contributed by atoms with van der Waals surface area (Å²) in [4.78, 5) is 8.47. The Morgan fingerprint density at radius 2 is 1.70 bits per heavy atom. The molecule has 0 unspecified atom stereocenters. The third kappa shape index (κ3) is 3.63. The highest BCUT2D eigenvalue weighted by atomic mass is 19.2. The van der Waals surface area contributed by atoms with Crippen molar-refractivity contribution < 1.29 is 8.78 Å². The van der Waals surface area contributed by atoms with Gasteiger partial charge in [0.25, 0.3) is 0 Å². The van der Waals surface area contributed by atoms with Gasteiger partial charge in [-0.15, -0.1) is 0 Å². The lowest BCUT2D eigenvalue weighted by molar-refractivity contribution is 0.507. The fourth-order valence-corrected chi connectivity index (χ4v) is 1.77. The van der Waals surface area contributed by atoms with Crippen LogP contribution in [-0.2, 0) is 6.54 Å². The van der Waals surface area contributed by atoms with Crippen LogP contribution in [0.2, 0.25) is 0 Å². The molecule has 0 aliphatic heterocycles. The molecule has 0 saturated carbocycles. The largest absolute Gasteiger partial charge is 0.370 e. The summed E-state index contributed by atoms with van der Waals surface area (Å²) in [7, 11) is 0. The van der Waals surface area contributed by atoms with Crippen LogP contribution in [0.25, 0.3) is 0 Å². The molecule has 0 amide bonds. The molecular weight excluding hydrogens is 262 g/mol. The van der Waals surface area contributed by atoms with Gasteiger partial charge in [-0.3, -0.25) is 0 Å². The molecule has 20 heavy (non-hydrogen) atoms. The Balaban J connectivity index is 2.08. The minimum atomic E-state index is -0.850. The number of hydrogen-bond donors (Lipinski definition) is 2. The van der Waals surface area contributed by atoms with Crippen LogP contribution >= 0.6 is 0 Å². The molecule has 0 atom stereocenters. The summed E-state index contributed by atoms with van der Waals surface area (Å²) >= 11 is 0. The van der Waals surface area contributed by atoms with E-state index >= 15 is 0 Å². The Kier molecular flexibility index (Phi) is 4.45. The lowest BCUT2D eigenvalue weighted by atomic mass is 10.2. The van der Waals surface area contributed by atoms with E-state index in [1.54, 1.807) is 13.0 Å². The molecule has 0 radical (unpaired) electrons. The molecule has 0 bridgehead atoms. The summed E-state index contributed by atoms with van der Waals surface area (Å²) in [5, 5.41) is 6.17. The molecular formula is C14H16F2N4. The van der Waals surface area contributed by atoms with Crippen LogP contribution in [0.15, 0.2) is 24.3 Å². The first-order chi connectivity index (χ1) is 9.58. The van der Waals surface area contributed by atoms with E-state index in [0.717, 1.165) is 18.4 Å². The first-order valence-corrected chi connectivity index (χ1v) is 6.36. The highest BCUT2D eigenvalue weighted by Crippen LogP contribution is 2.13. The van der Waals surface area contributed by atoms with Crippen molar-refractivity contribution in [1.82, 2.24) is 9.97 Å². The first-order valence-electron chi connectivity index (χ1n) is 6.36. The molecule has 0 aliphatic carbocycles. The van der Waals surface area contributed by atoms with E-state index < -0.39 is 11.6 Å². The van der Waals surface area contributed by atoms with Gasteiger partial charge in [-0.05, 0) is 31.5 Å². The monoisotopic (exact) mass is 278 g/mol. The fraction of sp³-hybridized carbons (Fsp3) is 0.286. The van der Waals surface area contributed by atoms with E-state index in [4.69, 9.17) is 0 Å². The summed E-state index contributed by atoms with van der Waals surface area (Å²) in [6, 6.07) is 5.59. The second kappa shape index (κ2) is 6.27. The van der Waals surface area contributed by atoms with Gasteiger partial charge >= 0.3 is 0 Å². The van der Waals surface area contributed by atoms with E-state index in [9.17, 15) is 8.78 Å². The molecule has 0 fully saturated rings. The zero-order chi connectivity index (χ0) is 14.5. The third-order valence-electron chi connectivity index (χ3n) is 2.65. The van der Waals surface area contributed by atoms with Crippen LogP contribution in [0.4, 0.5) is 20.4 Å². The zero-order valence-electron chi connectivity index (χ0n) is 11.4. The second-order valence-electron chi connectivity index (χ2n) is 4.32. The summed E-state index contributed by atoms with van der Waals surface area (Å²) in [5.41, 5.74) is 0.644. The summed E-state index contributed by atoms with van der Waals surface area (Å²) in [5.74, 6) is 0.305. The molecule has 1 heterocycles. The van der Waals surface area contributed by atoms with Crippen molar-refractivity contribution in [3.63, 3.8) is 0 Å². The second-order valence-corrected chi connectivity index (χ2v) is 4.32. The third-order valence-corrected chi connectivity index (χ3v) is 2.65. The van der Waals surface area contributed by atoms with Gasteiger partial charge in [-0.1, -0.05) is 6.07 Å². The number of nitrogens with one attached hydrogen (secondary N) is 2. The van der Waals surface area contributed by atoms with Crippen molar-refractivity contribution in [1.29, 1.82) is 0 Å². The van der Waals surface area contributed by atoms with Crippen molar-refractivity contribution in [3.05, 3.63) is 47.3 Å². The van der Waals surface area contributed by atoms with Crippen molar-refractivity contribution in [3.8, 4) is 0 Å². The number of nitrogens with zero attached hydrogens (tertiary/aromatic N) is 2. The highest BCUT2D eigenvalue weighted by molar-refractivity contribution is 5.47. The van der Waals surface area contributed by atoms with E-state index in [1.807, 2.05) is 6.92 Å². The number of halogens is 2. The Hall–Kier alpha value is -2.24. The van der Waals surface area contributed by atoms with Crippen LogP contribution in [0, 0.1) is 18.6 Å². The van der Waals surface area contributed by atoms with Gasteiger partial charge in [-0.25, -0.2) is 18.7 Å². The number of aromatic nitrogens is 2. The Labute approximate surface area is 116 Å². The Morgan fingerprint density at radius 3 is 2.35 bits per heavy atom. The maximum Gasteiger partial charge on any atom is 0.159 e. The molecule has 1 aromatic heterocycles. The van der Waals surface area contributed by atoms with Gasteiger partial charge in [0, 0.05) is 19.2 Å². The van der Waals surface area contributed by atoms with Gasteiger partial charge in [-0.2, -0.15) is 0 Å². The van der Waals surface area contributed by atoms with Gasteiger partial charge in [0.15, 0.2) is 11.6 Å². The smallest absolute Gasteiger partial charge is 0.159 e. The maximum absolute atomic E-state index is 13.1. The van der Waals surface area contributed by atoms with Crippen molar-refractivity contribution >= 4 is 11.6 Å². The van der Waals surface area contributed by atoms with Crippen molar-refractivity contribution in [2.75, 3.05) is 17.2 Å². The predicted octanol–water partition coefficient (Wildman–Crippen LogP) is 3.11. The molecule has 2 N–H and O–H groups in total. The highest BCUT2D eigenvalue weighted by Gasteiger charge is 2.04. The lowest BCUT2D eigenvalue weighted by Gasteiger charge is -2.09. The van der Waals surface area contributed by atoms with Crippen LogP contribution in [0.5, 0.6) is 0 Å². The first kappa shape index (κ1) is 14.2.